The molecule has 0 spiro atoms. The minimum Gasteiger partial charge on any atom is -0.203 e. The summed E-state index contributed by atoms with van der Waals surface area (Å²) in [6.07, 6.45) is 11.0. The van der Waals surface area contributed by atoms with Crippen LogP contribution in [0, 0.1) is 29.4 Å². The fourth-order valence-electron chi connectivity index (χ4n) is 5.89. The van der Waals surface area contributed by atoms with Crippen molar-refractivity contribution in [1.29, 1.82) is 0 Å². The minimum atomic E-state index is -0.694. The van der Waals surface area contributed by atoms with Gasteiger partial charge in [0.25, 0.3) is 0 Å². The highest BCUT2D eigenvalue weighted by molar-refractivity contribution is 5.65. The predicted octanol–water partition coefficient (Wildman–Crippen LogP) is 9.25. The van der Waals surface area contributed by atoms with Crippen molar-refractivity contribution >= 4 is 0 Å². The van der Waals surface area contributed by atoms with E-state index in [-0.39, 0.29) is 5.92 Å². The summed E-state index contributed by atoms with van der Waals surface area (Å²) in [5.74, 6) is 1.60. The van der Waals surface area contributed by atoms with E-state index >= 15 is 8.78 Å². The average molecular weight is 425 g/mol. The van der Waals surface area contributed by atoms with Crippen LogP contribution in [0.15, 0.2) is 36.4 Å². The third kappa shape index (κ3) is 5.21. The molecule has 2 aromatic rings. The molecule has 0 aliphatic heterocycles. The van der Waals surface area contributed by atoms with Gasteiger partial charge < -0.3 is 0 Å². The first-order valence-electron chi connectivity index (χ1n) is 12.5. The quantitative estimate of drug-likeness (QED) is 0.448. The minimum absolute atomic E-state index is 0.0537. The molecule has 0 nitrogen and oxygen atoms in total. The van der Waals surface area contributed by atoms with Crippen LogP contribution in [0.5, 0.6) is 0 Å². The molecule has 0 radical (unpaired) electrons. The molecule has 2 saturated carbocycles. The fraction of sp³-hybridized carbons (Fsp3) is 0.586. The Hall–Kier alpha value is -1.70. The zero-order chi connectivity index (χ0) is 22.0. The van der Waals surface area contributed by atoms with Crippen LogP contribution in [-0.2, 0) is 0 Å². The predicted molar refractivity (Wildman–Crippen MR) is 126 cm³/mol. The summed E-state index contributed by atoms with van der Waals surface area (Å²) in [5, 5.41) is 0. The van der Waals surface area contributed by atoms with Crippen molar-refractivity contribution in [1.82, 2.24) is 0 Å². The number of rotatable bonds is 5. The van der Waals surface area contributed by atoms with Gasteiger partial charge in [-0.1, -0.05) is 95.7 Å². The van der Waals surface area contributed by atoms with E-state index in [4.69, 9.17) is 0 Å². The summed E-state index contributed by atoms with van der Waals surface area (Å²) in [6, 6.07) is 11.8. The van der Waals surface area contributed by atoms with Crippen LogP contribution in [0.25, 0.3) is 11.1 Å². The zero-order valence-corrected chi connectivity index (χ0v) is 19.5. The summed E-state index contributed by atoms with van der Waals surface area (Å²) in [7, 11) is 0. The second-order valence-corrected chi connectivity index (χ2v) is 10.7. The Morgan fingerprint density at radius 2 is 1.32 bits per heavy atom. The normalized spacial score (nSPS) is 27.8. The van der Waals surface area contributed by atoms with E-state index in [1.807, 2.05) is 18.2 Å². The first kappa shape index (κ1) is 22.5. The maximum atomic E-state index is 15.1. The Balaban J connectivity index is 1.46. The molecule has 0 amide bonds. The molecule has 2 aromatic carbocycles. The van der Waals surface area contributed by atoms with Crippen LogP contribution in [0.1, 0.15) is 102 Å². The molecule has 31 heavy (non-hydrogen) atoms. The Labute approximate surface area is 187 Å². The number of benzene rings is 2. The van der Waals surface area contributed by atoms with E-state index in [0.29, 0.717) is 23.0 Å². The largest absolute Gasteiger partial charge is 0.203 e. The van der Waals surface area contributed by atoms with Crippen molar-refractivity contribution in [3.8, 4) is 11.1 Å². The van der Waals surface area contributed by atoms with Crippen molar-refractivity contribution in [2.45, 2.75) is 90.4 Å². The van der Waals surface area contributed by atoms with Gasteiger partial charge in [0, 0.05) is 5.56 Å². The van der Waals surface area contributed by atoms with E-state index < -0.39 is 11.6 Å². The van der Waals surface area contributed by atoms with E-state index in [1.165, 1.54) is 56.9 Å². The third-order valence-corrected chi connectivity index (χ3v) is 8.17. The lowest BCUT2D eigenvalue weighted by Crippen LogP contribution is -2.15. The summed E-state index contributed by atoms with van der Waals surface area (Å²) < 4.78 is 30.1. The lowest BCUT2D eigenvalue weighted by Gasteiger charge is -2.28. The molecule has 2 aliphatic rings. The molecule has 0 bridgehead atoms. The molecule has 2 fully saturated rings. The van der Waals surface area contributed by atoms with Gasteiger partial charge in [0.15, 0.2) is 11.6 Å². The van der Waals surface area contributed by atoms with Crippen LogP contribution in [0.4, 0.5) is 8.78 Å². The Bertz CT molecular complexity index is 853. The van der Waals surface area contributed by atoms with E-state index in [1.54, 1.807) is 6.07 Å². The molecule has 0 N–H and O–H groups in total. The zero-order valence-electron chi connectivity index (χ0n) is 19.5. The number of halogens is 2. The molecule has 0 heterocycles. The van der Waals surface area contributed by atoms with Gasteiger partial charge in [-0.05, 0) is 65.5 Å². The van der Waals surface area contributed by atoms with E-state index in [9.17, 15) is 0 Å². The first-order chi connectivity index (χ1) is 14.9. The van der Waals surface area contributed by atoms with Crippen molar-refractivity contribution < 1.29 is 8.78 Å². The fourth-order valence-corrected chi connectivity index (χ4v) is 5.89. The molecule has 0 saturated heterocycles. The molecular weight excluding hydrogens is 386 g/mol. The van der Waals surface area contributed by atoms with E-state index in [0.717, 1.165) is 23.8 Å². The molecule has 0 unspecified atom stereocenters. The molecule has 1 atom stereocenters. The number of hydrogen-bond acceptors (Lipinski definition) is 0. The monoisotopic (exact) mass is 424 g/mol. The van der Waals surface area contributed by atoms with Crippen molar-refractivity contribution in [2.75, 3.05) is 0 Å². The van der Waals surface area contributed by atoms with Gasteiger partial charge in [0.1, 0.15) is 0 Å². The average Bonchev–Trinajstić information content (AvgIpc) is 2.78. The van der Waals surface area contributed by atoms with Crippen molar-refractivity contribution in [3.05, 3.63) is 59.2 Å². The van der Waals surface area contributed by atoms with Gasteiger partial charge in [-0.2, -0.15) is 0 Å². The lowest BCUT2D eigenvalue weighted by molar-refractivity contribution is 0.266. The van der Waals surface area contributed by atoms with Crippen LogP contribution in [-0.4, -0.2) is 0 Å². The highest BCUT2D eigenvalue weighted by Gasteiger charge is 2.24. The summed E-state index contributed by atoms with van der Waals surface area (Å²) in [5.41, 5.74) is 3.02. The Morgan fingerprint density at radius 3 is 1.94 bits per heavy atom. The standard InChI is InChI=1S/C29H38F2/c1-19-4-8-22(9-5-19)18-21(3)26-16-17-27(29(31)28(26)30)25-14-12-24(13-15-25)23-10-6-20(2)7-11-23/h12-17,19-23H,4-11,18H2,1-3H3/t19?,20?,21-,22?,23?/m1/s1. The van der Waals surface area contributed by atoms with Crippen molar-refractivity contribution in [2.24, 2.45) is 17.8 Å². The SMILES string of the molecule is CC1CCC(C[C@@H](C)c2ccc(-c3ccc(C4CCC(C)CC4)cc3)c(F)c2F)CC1. The van der Waals surface area contributed by atoms with Crippen LogP contribution in [0.2, 0.25) is 0 Å². The topological polar surface area (TPSA) is 0 Å². The van der Waals surface area contributed by atoms with Crippen LogP contribution < -0.4 is 0 Å². The van der Waals surface area contributed by atoms with Gasteiger partial charge in [-0.25, -0.2) is 8.78 Å². The van der Waals surface area contributed by atoms with Crippen LogP contribution >= 0.6 is 0 Å². The van der Waals surface area contributed by atoms with Crippen LogP contribution in [0.3, 0.4) is 0 Å². The molecule has 2 heteroatoms. The van der Waals surface area contributed by atoms with Gasteiger partial charge >= 0.3 is 0 Å². The highest BCUT2D eigenvalue weighted by atomic mass is 19.2. The third-order valence-electron chi connectivity index (χ3n) is 8.17. The van der Waals surface area contributed by atoms with E-state index in [2.05, 4.69) is 32.9 Å². The van der Waals surface area contributed by atoms with Gasteiger partial charge in [0.05, 0.1) is 0 Å². The maximum absolute atomic E-state index is 15.1. The maximum Gasteiger partial charge on any atom is 0.166 e. The molecule has 0 aromatic heterocycles. The van der Waals surface area contributed by atoms with Gasteiger partial charge in [-0.15, -0.1) is 0 Å². The molecular formula is C29H38F2. The smallest absolute Gasteiger partial charge is 0.166 e. The lowest BCUT2D eigenvalue weighted by atomic mass is 9.77. The molecule has 2 aliphatic carbocycles. The summed E-state index contributed by atoms with van der Waals surface area (Å²) in [4.78, 5) is 0. The number of hydrogen-bond donors (Lipinski definition) is 0. The van der Waals surface area contributed by atoms with Gasteiger partial charge in [-0.3, -0.25) is 0 Å². The Morgan fingerprint density at radius 1 is 0.742 bits per heavy atom. The first-order valence-corrected chi connectivity index (χ1v) is 12.5. The molecule has 4 rings (SSSR count). The molecule has 168 valence electrons. The highest BCUT2D eigenvalue weighted by Crippen LogP contribution is 2.39. The van der Waals surface area contributed by atoms with Crippen molar-refractivity contribution in [3.63, 3.8) is 0 Å². The van der Waals surface area contributed by atoms with Gasteiger partial charge in [0.2, 0.25) is 0 Å². The summed E-state index contributed by atoms with van der Waals surface area (Å²) in [6.45, 7) is 6.70. The second kappa shape index (κ2) is 9.84. The second-order valence-electron chi connectivity index (χ2n) is 10.7. The Kier molecular flexibility index (Phi) is 7.14. The summed E-state index contributed by atoms with van der Waals surface area (Å²) >= 11 is 0.